The van der Waals surface area contributed by atoms with Crippen molar-refractivity contribution in [2.45, 2.75) is 25.4 Å². The number of hydrogen-bond donors (Lipinski definition) is 1. The van der Waals surface area contributed by atoms with Gasteiger partial charge in [0.25, 0.3) is 0 Å². The highest BCUT2D eigenvalue weighted by atomic mass is 16.7. The van der Waals surface area contributed by atoms with Crippen molar-refractivity contribution in [3.8, 4) is 17.2 Å². The summed E-state index contributed by atoms with van der Waals surface area (Å²) < 4.78 is 16.6. The van der Waals surface area contributed by atoms with Gasteiger partial charge >= 0.3 is 5.97 Å². The standard InChI is InChI=1S/C18H18O5/c1-2-10-18(17(19)20,23-14-6-4-3-5-7-14)13-8-9-15-16(11-13)22-12-21-15/h3-9,11H,2,10,12H2,1H3,(H,19,20). The van der Waals surface area contributed by atoms with E-state index in [4.69, 9.17) is 14.2 Å². The first-order valence-corrected chi connectivity index (χ1v) is 7.53. The van der Waals surface area contributed by atoms with Crippen molar-refractivity contribution < 1.29 is 24.1 Å². The lowest BCUT2D eigenvalue weighted by atomic mass is 9.88. The summed E-state index contributed by atoms with van der Waals surface area (Å²) in [6.45, 7) is 2.07. The van der Waals surface area contributed by atoms with Gasteiger partial charge in [-0.3, -0.25) is 0 Å². The molecule has 0 aromatic heterocycles. The molecule has 0 radical (unpaired) electrons. The maximum absolute atomic E-state index is 12.1. The largest absolute Gasteiger partial charge is 0.478 e. The lowest BCUT2D eigenvalue weighted by molar-refractivity contribution is -0.157. The van der Waals surface area contributed by atoms with Crippen LogP contribution in [0.25, 0.3) is 0 Å². The lowest BCUT2D eigenvalue weighted by Crippen LogP contribution is -2.41. The fourth-order valence-corrected chi connectivity index (χ4v) is 2.72. The first kappa shape index (κ1) is 15.2. The average Bonchev–Trinajstić information content (AvgIpc) is 3.02. The molecule has 5 heteroatoms. The predicted molar refractivity (Wildman–Crippen MR) is 83.9 cm³/mol. The van der Waals surface area contributed by atoms with E-state index in [0.717, 1.165) is 0 Å². The van der Waals surface area contributed by atoms with Crippen LogP contribution in [-0.2, 0) is 10.4 Å². The second-order valence-electron chi connectivity index (χ2n) is 5.37. The molecule has 0 amide bonds. The summed E-state index contributed by atoms with van der Waals surface area (Å²) in [5.74, 6) is 0.647. The third-order valence-electron chi connectivity index (χ3n) is 3.82. The molecule has 1 N–H and O–H groups in total. The van der Waals surface area contributed by atoms with Gasteiger partial charge in [-0.1, -0.05) is 37.6 Å². The minimum Gasteiger partial charge on any atom is -0.478 e. The Kier molecular flexibility index (Phi) is 4.10. The summed E-state index contributed by atoms with van der Waals surface area (Å²) in [5, 5.41) is 9.92. The van der Waals surface area contributed by atoms with E-state index in [9.17, 15) is 9.90 Å². The lowest BCUT2D eigenvalue weighted by Gasteiger charge is -2.30. The van der Waals surface area contributed by atoms with Crippen LogP contribution in [-0.4, -0.2) is 17.9 Å². The number of para-hydroxylation sites is 1. The Hall–Kier alpha value is -2.69. The maximum atomic E-state index is 12.1. The SMILES string of the molecule is CCCC(Oc1ccccc1)(C(=O)O)c1ccc2c(c1)OCO2. The molecule has 23 heavy (non-hydrogen) atoms. The van der Waals surface area contributed by atoms with Gasteiger partial charge in [-0.05, 0) is 24.3 Å². The van der Waals surface area contributed by atoms with Crippen molar-refractivity contribution in [2.24, 2.45) is 0 Å². The number of benzene rings is 2. The molecule has 2 aromatic rings. The number of carbonyl (C=O) groups is 1. The molecule has 0 aliphatic carbocycles. The molecule has 0 saturated heterocycles. The highest BCUT2D eigenvalue weighted by Crippen LogP contribution is 2.39. The van der Waals surface area contributed by atoms with E-state index in [1.54, 1.807) is 30.3 Å². The zero-order valence-corrected chi connectivity index (χ0v) is 12.8. The zero-order chi connectivity index (χ0) is 16.3. The zero-order valence-electron chi connectivity index (χ0n) is 12.8. The van der Waals surface area contributed by atoms with Crippen LogP contribution >= 0.6 is 0 Å². The quantitative estimate of drug-likeness (QED) is 0.883. The van der Waals surface area contributed by atoms with E-state index in [1.807, 2.05) is 25.1 Å². The molecule has 3 rings (SSSR count). The van der Waals surface area contributed by atoms with Crippen LogP contribution in [0.3, 0.4) is 0 Å². The Morgan fingerprint density at radius 1 is 1.17 bits per heavy atom. The highest BCUT2D eigenvalue weighted by molar-refractivity contribution is 5.80. The normalized spacial score (nSPS) is 15.0. The molecule has 120 valence electrons. The van der Waals surface area contributed by atoms with Crippen molar-refractivity contribution in [1.29, 1.82) is 0 Å². The van der Waals surface area contributed by atoms with Crippen molar-refractivity contribution in [2.75, 3.05) is 6.79 Å². The van der Waals surface area contributed by atoms with Gasteiger partial charge in [0.1, 0.15) is 5.75 Å². The number of fused-ring (bicyclic) bond motifs is 1. The smallest absolute Gasteiger partial charge is 0.352 e. The van der Waals surface area contributed by atoms with Gasteiger partial charge in [0.15, 0.2) is 11.5 Å². The number of carboxylic acids is 1. The molecule has 0 saturated carbocycles. The highest BCUT2D eigenvalue weighted by Gasteiger charge is 2.43. The van der Waals surface area contributed by atoms with E-state index in [0.29, 0.717) is 35.7 Å². The van der Waals surface area contributed by atoms with Crippen LogP contribution in [0.2, 0.25) is 0 Å². The van der Waals surface area contributed by atoms with Crippen molar-refractivity contribution >= 4 is 5.97 Å². The summed E-state index contributed by atoms with van der Waals surface area (Å²) in [4.78, 5) is 12.1. The van der Waals surface area contributed by atoms with Crippen molar-refractivity contribution in [3.05, 3.63) is 54.1 Å². The van der Waals surface area contributed by atoms with Crippen LogP contribution in [0.5, 0.6) is 17.2 Å². The van der Waals surface area contributed by atoms with Gasteiger partial charge in [-0.2, -0.15) is 0 Å². The molecule has 1 heterocycles. The van der Waals surface area contributed by atoms with Gasteiger partial charge in [0.05, 0.1) is 0 Å². The Labute approximate surface area is 134 Å². The second kappa shape index (κ2) is 6.20. The molecule has 0 bridgehead atoms. The molecule has 1 aliphatic rings. The van der Waals surface area contributed by atoms with E-state index in [-0.39, 0.29) is 6.79 Å². The van der Waals surface area contributed by atoms with E-state index in [2.05, 4.69) is 0 Å². The fourth-order valence-electron chi connectivity index (χ4n) is 2.72. The third-order valence-corrected chi connectivity index (χ3v) is 3.82. The van der Waals surface area contributed by atoms with Crippen LogP contribution in [0, 0.1) is 0 Å². The van der Waals surface area contributed by atoms with Crippen LogP contribution in [0.1, 0.15) is 25.3 Å². The molecule has 1 atom stereocenters. The number of rotatable bonds is 6. The number of ether oxygens (including phenoxy) is 3. The average molecular weight is 314 g/mol. The minimum atomic E-state index is -1.46. The topological polar surface area (TPSA) is 65.0 Å². The Bertz CT molecular complexity index is 698. The van der Waals surface area contributed by atoms with Crippen LogP contribution in [0.4, 0.5) is 0 Å². The van der Waals surface area contributed by atoms with Gasteiger partial charge in [-0.25, -0.2) is 4.79 Å². The predicted octanol–water partition coefficient (Wildman–Crippen LogP) is 3.57. The molecule has 0 spiro atoms. The Morgan fingerprint density at radius 2 is 1.91 bits per heavy atom. The van der Waals surface area contributed by atoms with Crippen LogP contribution < -0.4 is 14.2 Å². The molecule has 5 nitrogen and oxygen atoms in total. The van der Waals surface area contributed by atoms with Crippen LogP contribution in [0.15, 0.2) is 48.5 Å². The first-order valence-electron chi connectivity index (χ1n) is 7.53. The molecular weight excluding hydrogens is 296 g/mol. The molecular formula is C18H18O5. The fraction of sp³-hybridized carbons (Fsp3) is 0.278. The van der Waals surface area contributed by atoms with Crippen molar-refractivity contribution in [3.63, 3.8) is 0 Å². The first-order chi connectivity index (χ1) is 11.2. The van der Waals surface area contributed by atoms with Gasteiger partial charge in [0.2, 0.25) is 12.4 Å². The van der Waals surface area contributed by atoms with Crippen molar-refractivity contribution in [1.82, 2.24) is 0 Å². The summed E-state index contributed by atoms with van der Waals surface area (Å²) >= 11 is 0. The number of hydrogen-bond acceptors (Lipinski definition) is 4. The monoisotopic (exact) mass is 314 g/mol. The molecule has 0 fully saturated rings. The summed E-state index contributed by atoms with van der Waals surface area (Å²) in [5.41, 5.74) is -0.920. The Morgan fingerprint density at radius 3 is 2.61 bits per heavy atom. The van der Waals surface area contributed by atoms with Gasteiger partial charge in [0, 0.05) is 12.0 Å². The number of aliphatic carboxylic acids is 1. The van der Waals surface area contributed by atoms with E-state index < -0.39 is 11.6 Å². The summed E-state index contributed by atoms with van der Waals surface area (Å²) in [7, 11) is 0. The van der Waals surface area contributed by atoms with Gasteiger partial charge < -0.3 is 19.3 Å². The number of carboxylic acid groups (broad SMARTS) is 1. The third kappa shape index (κ3) is 2.82. The molecule has 1 unspecified atom stereocenters. The molecule has 1 aliphatic heterocycles. The summed E-state index contributed by atoms with van der Waals surface area (Å²) in [6.07, 6.45) is 1.00. The second-order valence-corrected chi connectivity index (χ2v) is 5.37. The molecule has 2 aromatic carbocycles. The van der Waals surface area contributed by atoms with Gasteiger partial charge in [-0.15, -0.1) is 0 Å². The van der Waals surface area contributed by atoms with E-state index >= 15 is 0 Å². The van der Waals surface area contributed by atoms with E-state index in [1.165, 1.54) is 0 Å². The Balaban J connectivity index is 2.05. The maximum Gasteiger partial charge on any atom is 0.352 e. The minimum absolute atomic E-state index is 0.145. The summed E-state index contributed by atoms with van der Waals surface area (Å²) in [6, 6.07) is 14.1.